The summed E-state index contributed by atoms with van der Waals surface area (Å²) in [6.45, 7) is 0. The molecule has 8 nitrogen and oxygen atoms in total. The Hall–Kier alpha value is -5.03. The molecule has 0 aliphatic heterocycles. The predicted molar refractivity (Wildman–Crippen MR) is 150 cm³/mol. The van der Waals surface area contributed by atoms with Crippen molar-refractivity contribution in [1.29, 1.82) is 0 Å². The second-order valence-corrected chi connectivity index (χ2v) is 10.0. The number of amides is 2. The van der Waals surface area contributed by atoms with Crippen LogP contribution in [0.5, 0.6) is 0 Å². The van der Waals surface area contributed by atoms with E-state index in [2.05, 4.69) is 20.4 Å². The van der Waals surface area contributed by atoms with Gasteiger partial charge in [0.1, 0.15) is 15.4 Å². The van der Waals surface area contributed by atoms with Crippen LogP contribution in [0.2, 0.25) is 0 Å². The van der Waals surface area contributed by atoms with Crippen LogP contribution in [0, 0.1) is 0 Å². The molecule has 0 unspecified atom stereocenters. The maximum atomic E-state index is 13.9. The first-order valence-electron chi connectivity index (χ1n) is 12.1. The molecule has 0 bridgehead atoms. The summed E-state index contributed by atoms with van der Waals surface area (Å²) in [5.74, 6) is -1.34. The number of pyridine rings is 2. The lowest BCUT2D eigenvalue weighted by Crippen LogP contribution is -2.17. The summed E-state index contributed by atoms with van der Waals surface area (Å²) in [7, 11) is 1.78. The summed E-state index contributed by atoms with van der Waals surface area (Å²) < 4.78 is 29.2. The van der Waals surface area contributed by atoms with Crippen molar-refractivity contribution in [3.8, 4) is 22.4 Å². The number of thiophene rings is 1. The minimum atomic E-state index is -2.84. The van der Waals surface area contributed by atoms with E-state index in [1.165, 1.54) is 6.07 Å². The molecule has 6 rings (SSSR count). The number of halogens is 2. The lowest BCUT2D eigenvalue weighted by atomic mass is 10.0. The van der Waals surface area contributed by atoms with Gasteiger partial charge in [-0.2, -0.15) is 5.10 Å². The summed E-state index contributed by atoms with van der Waals surface area (Å²) in [6.07, 6.45) is 0.599. The highest BCUT2D eigenvalue weighted by atomic mass is 32.1. The summed E-state index contributed by atoms with van der Waals surface area (Å²) >= 11 is 0.859. The minimum absolute atomic E-state index is 0.00490. The fraction of sp³-hybridized carbons (Fsp3) is 0.0690. The molecule has 0 spiro atoms. The zero-order valence-corrected chi connectivity index (χ0v) is 21.7. The number of para-hydroxylation sites is 1. The SMILES string of the molecule is Cn1cc(-c2cc(C(=O)Nc3c(C(N)=O)sc4nc(C(F)F)cc(-c5ccccc5)c34)c3ccccc3n2)cn1. The Morgan fingerprint density at radius 2 is 1.75 bits per heavy atom. The fourth-order valence-corrected chi connectivity index (χ4v) is 5.63. The number of primary amides is 1. The van der Waals surface area contributed by atoms with Crippen LogP contribution in [0.3, 0.4) is 0 Å². The van der Waals surface area contributed by atoms with Gasteiger partial charge < -0.3 is 11.1 Å². The number of alkyl halides is 2. The van der Waals surface area contributed by atoms with Crippen LogP contribution in [0.1, 0.15) is 32.1 Å². The van der Waals surface area contributed by atoms with Gasteiger partial charge in [-0.25, -0.2) is 18.7 Å². The fourth-order valence-electron chi connectivity index (χ4n) is 4.61. The zero-order valence-electron chi connectivity index (χ0n) is 20.9. The van der Waals surface area contributed by atoms with Crippen molar-refractivity contribution in [2.45, 2.75) is 6.43 Å². The van der Waals surface area contributed by atoms with Gasteiger partial charge in [0.25, 0.3) is 18.2 Å². The quantitative estimate of drug-likeness (QED) is 0.254. The average Bonchev–Trinajstić information content (AvgIpc) is 3.56. The number of hydrogen-bond acceptors (Lipinski definition) is 6. The maximum Gasteiger partial charge on any atom is 0.280 e. The minimum Gasteiger partial charge on any atom is -0.365 e. The van der Waals surface area contributed by atoms with Crippen molar-refractivity contribution >= 4 is 50.0 Å². The lowest BCUT2D eigenvalue weighted by Gasteiger charge is -2.13. The van der Waals surface area contributed by atoms with Crippen molar-refractivity contribution in [2.75, 3.05) is 5.32 Å². The maximum absolute atomic E-state index is 13.9. The summed E-state index contributed by atoms with van der Waals surface area (Å²) in [5.41, 5.74) is 8.54. The molecule has 198 valence electrons. The molecule has 40 heavy (non-hydrogen) atoms. The molecule has 0 radical (unpaired) electrons. The molecule has 3 N–H and O–H groups in total. The standard InChI is InChI=1S/C29H20F2N6O2S/c1-37-14-16(13-33-37)21-12-19(17-9-5-6-10-20(17)34-21)28(39)36-24-23-18(15-7-3-2-4-8-15)11-22(26(30)31)35-29(23)40-25(24)27(32)38/h2-14,26H,1H3,(H2,32,38)(H,36,39). The lowest BCUT2D eigenvalue weighted by molar-refractivity contribution is 0.100. The third kappa shape index (κ3) is 4.46. The van der Waals surface area contributed by atoms with E-state index in [1.807, 2.05) is 6.07 Å². The smallest absolute Gasteiger partial charge is 0.280 e. The predicted octanol–water partition coefficient (Wildman–Crippen LogP) is 6.20. The second-order valence-electron chi connectivity index (χ2n) is 9.04. The highest BCUT2D eigenvalue weighted by Gasteiger charge is 2.26. The highest BCUT2D eigenvalue weighted by molar-refractivity contribution is 7.21. The number of anilines is 1. The van der Waals surface area contributed by atoms with Crippen molar-refractivity contribution in [3.05, 3.63) is 95.3 Å². The molecule has 0 aliphatic rings. The molecule has 11 heteroatoms. The molecule has 0 aliphatic carbocycles. The van der Waals surface area contributed by atoms with Gasteiger partial charge in [-0.05, 0) is 29.3 Å². The Morgan fingerprint density at radius 1 is 1.00 bits per heavy atom. The van der Waals surface area contributed by atoms with Gasteiger partial charge >= 0.3 is 0 Å². The third-order valence-corrected chi connectivity index (χ3v) is 7.51. The van der Waals surface area contributed by atoms with Crippen LogP contribution in [-0.2, 0) is 7.05 Å². The topological polar surface area (TPSA) is 116 Å². The number of carbonyl (C=O) groups is 2. The van der Waals surface area contributed by atoms with Crippen LogP contribution >= 0.6 is 11.3 Å². The van der Waals surface area contributed by atoms with Gasteiger partial charge in [-0.1, -0.05) is 48.5 Å². The van der Waals surface area contributed by atoms with Crippen molar-refractivity contribution in [3.63, 3.8) is 0 Å². The van der Waals surface area contributed by atoms with Crippen LogP contribution in [0.15, 0.2) is 79.1 Å². The van der Waals surface area contributed by atoms with Crippen LogP contribution in [0.4, 0.5) is 14.5 Å². The summed E-state index contributed by atoms with van der Waals surface area (Å²) in [5, 5.41) is 8.00. The molecule has 2 amide bonds. The third-order valence-electron chi connectivity index (χ3n) is 6.41. The number of nitrogens with two attached hydrogens (primary N) is 1. The molecular formula is C29H20F2N6O2S. The number of carbonyl (C=O) groups excluding carboxylic acids is 2. The van der Waals surface area contributed by atoms with E-state index in [4.69, 9.17) is 5.73 Å². The Morgan fingerprint density at radius 3 is 2.45 bits per heavy atom. The number of aromatic nitrogens is 4. The number of benzene rings is 2. The number of nitrogens with one attached hydrogen (secondary N) is 1. The molecule has 0 fully saturated rings. The largest absolute Gasteiger partial charge is 0.365 e. The van der Waals surface area contributed by atoms with E-state index in [-0.39, 0.29) is 15.4 Å². The molecule has 4 aromatic heterocycles. The molecular weight excluding hydrogens is 534 g/mol. The molecule has 6 aromatic rings. The van der Waals surface area contributed by atoms with Crippen molar-refractivity contribution in [1.82, 2.24) is 19.7 Å². The first kappa shape index (κ1) is 25.3. The summed E-state index contributed by atoms with van der Waals surface area (Å²) in [4.78, 5) is 35.4. The van der Waals surface area contributed by atoms with Gasteiger partial charge in [0.2, 0.25) is 0 Å². The van der Waals surface area contributed by atoms with Gasteiger partial charge in [0, 0.05) is 29.6 Å². The number of aryl methyl sites for hydroxylation is 1. The van der Waals surface area contributed by atoms with Gasteiger partial charge in [-0.3, -0.25) is 14.3 Å². The van der Waals surface area contributed by atoms with Crippen molar-refractivity contribution in [2.24, 2.45) is 12.8 Å². The van der Waals surface area contributed by atoms with E-state index in [0.29, 0.717) is 38.7 Å². The zero-order chi connectivity index (χ0) is 28.0. The highest BCUT2D eigenvalue weighted by Crippen LogP contribution is 2.42. The number of fused-ring (bicyclic) bond motifs is 2. The van der Waals surface area contributed by atoms with Crippen LogP contribution in [-0.4, -0.2) is 31.6 Å². The van der Waals surface area contributed by atoms with E-state index in [1.54, 1.807) is 78.7 Å². The number of rotatable bonds is 6. The Labute approximate surface area is 230 Å². The Kier molecular flexibility index (Phi) is 6.27. The number of nitrogens with zero attached hydrogens (tertiary/aromatic N) is 4. The normalized spacial score (nSPS) is 11.4. The number of hydrogen-bond donors (Lipinski definition) is 2. The molecule has 0 saturated heterocycles. The van der Waals surface area contributed by atoms with E-state index < -0.39 is 23.9 Å². The average molecular weight is 555 g/mol. The van der Waals surface area contributed by atoms with Crippen LogP contribution < -0.4 is 11.1 Å². The Balaban J connectivity index is 1.55. The first-order chi connectivity index (χ1) is 19.3. The molecule has 0 saturated carbocycles. The summed E-state index contributed by atoms with van der Waals surface area (Å²) in [6, 6.07) is 19.0. The van der Waals surface area contributed by atoms with E-state index in [0.717, 1.165) is 16.9 Å². The van der Waals surface area contributed by atoms with Gasteiger partial charge in [0.05, 0.1) is 28.7 Å². The monoisotopic (exact) mass is 554 g/mol. The first-order valence-corrected chi connectivity index (χ1v) is 12.9. The van der Waals surface area contributed by atoms with Gasteiger partial charge in [-0.15, -0.1) is 11.3 Å². The second kappa shape index (κ2) is 9.93. The Bertz CT molecular complexity index is 1930. The van der Waals surface area contributed by atoms with Crippen molar-refractivity contribution < 1.29 is 18.4 Å². The van der Waals surface area contributed by atoms with Gasteiger partial charge in [0.15, 0.2) is 0 Å². The van der Waals surface area contributed by atoms with Crippen LogP contribution in [0.25, 0.3) is 43.5 Å². The molecule has 0 atom stereocenters. The molecule has 2 aromatic carbocycles. The van der Waals surface area contributed by atoms with E-state index in [9.17, 15) is 18.4 Å². The molecule has 4 heterocycles. The van der Waals surface area contributed by atoms with E-state index >= 15 is 0 Å².